The Balaban J connectivity index is 2.13. The molecule has 7 nitrogen and oxygen atoms in total. The molecule has 0 saturated carbocycles. The molecular weight excluding hydrogens is 398 g/mol. The summed E-state index contributed by atoms with van der Waals surface area (Å²) in [5.41, 5.74) is 0.688. The second kappa shape index (κ2) is 7.94. The van der Waals surface area contributed by atoms with E-state index in [9.17, 15) is 28.3 Å². The normalized spacial score (nSPS) is 12.0. The number of carboxylic acids is 1. The molecule has 0 fully saturated rings. The van der Waals surface area contributed by atoms with Gasteiger partial charge in [0.15, 0.2) is 11.6 Å². The maximum Gasteiger partial charge on any atom is 0.325 e. The van der Waals surface area contributed by atoms with E-state index in [0.29, 0.717) is 5.56 Å². The van der Waals surface area contributed by atoms with Gasteiger partial charge in [-0.3, -0.25) is 19.0 Å². The number of nitrogens with zero attached hydrogens (tertiary/aromatic N) is 1. The van der Waals surface area contributed by atoms with Crippen molar-refractivity contribution in [3.8, 4) is 5.75 Å². The molecule has 0 radical (unpaired) electrons. The topological polar surface area (TPSA) is 109 Å². The lowest BCUT2D eigenvalue weighted by molar-refractivity contribution is -0.141. The maximum atomic E-state index is 14.0. The minimum atomic E-state index is -1.22. The number of carboxylic acid groups (broad SMARTS) is 1. The number of benzene rings is 2. The molecule has 0 aliphatic rings. The first-order valence-electron chi connectivity index (χ1n) is 8.95. The Kier molecular flexibility index (Phi) is 5.55. The molecule has 1 amide bonds. The molecule has 2 aromatic carbocycles. The predicted molar refractivity (Wildman–Crippen MR) is 103 cm³/mol. The number of aliphatic carboxylic acids is 1. The predicted octanol–water partition coefficient (Wildman–Crippen LogP) is 2.75. The van der Waals surface area contributed by atoms with Gasteiger partial charge in [0.1, 0.15) is 11.9 Å². The number of halogens is 2. The summed E-state index contributed by atoms with van der Waals surface area (Å²) in [6.45, 7) is 2.82. The van der Waals surface area contributed by atoms with Crippen LogP contribution in [0.5, 0.6) is 5.75 Å². The van der Waals surface area contributed by atoms with Gasteiger partial charge in [0.05, 0.1) is 11.9 Å². The van der Waals surface area contributed by atoms with Crippen molar-refractivity contribution in [2.45, 2.75) is 26.3 Å². The van der Waals surface area contributed by atoms with Crippen molar-refractivity contribution in [1.29, 1.82) is 0 Å². The van der Waals surface area contributed by atoms with E-state index in [1.54, 1.807) is 0 Å². The molecule has 156 valence electrons. The average molecular weight is 416 g/mol. The number of rotatable bonds is 5. The molecule has 30 heavy (non-hydrogen) atoms. The van der Waals surface area contributed by atoms with Gasteiger partial charge in [-0.15, -0.1) is 0 Å². The van der Waals surface area contributed by atoms with E-state index in [1.807, 2.05) is 0 Å². The fourth-order valence-electron chi connectivity index (χ4n) is 3.24. The number of phenolic OH excluding ortho intramolecular Hbond substituents is 1. The van der Waals surface area contributed by atoms with Gasteiger partial charge in [0.2, 0.25) is 5.91 Å². The van der Waals surface area contributed by atoms with Crippen LogP contribution in [0.1, 0.15) is 28.5 Å². The smallest absolute Gasteiger partial charge is 0.325 e. The summed E-state index contributed by atoms with van der Waals surface area (Å²) in [6, 6.07) is 5.88. The number of aromatic nitrogens is 1. The zero-order valence-electron chi connectivity index (χ0n) is 16.1. The molecule has 3 N–H and O–H groups in total. The number of hydrogen-bond acceptors (Lipinski definition) is 4. The van der Waals surface area contributed by atoms with Crippen molar-refractivity contribution >= 4 is 28.7 Å². The fraction of sp³-hybridized carbons (Fsp3) is 0.190. The molecule has 9 heteroatoms. The quantitative estimate of drug-likeness (QED) is 0.593. The van der Waals surface area contributed by atoms with Gasteiger partial charge in [-0.05, 0) is 43.7 Å². The molecule has 1 atom stereocenters. The number of nitrogens with one attached hydrogen (secondary N) is 1. The highest BCUT2D eigenvalue weighted by Gasteiger charge is 2.24. The summed E-state index contributed by atoms with van der Waals surface area (Å²) in [6.07, 6.45) is -0.311. The molecule has 0 aliphatic heterocycles. The van der Waals surface area contributed by atoms with E-state index in [2.05, 4.69) is 5.32 Å². The first kappa shape index (κ1) is 21.0. The third kappa shape index (κ3) is 3.86. The van der Waals surface area contributed by atoms with Gasteiger partial charge < -0.3 is 15.5 Å². The lowest BCUT2D eigenvalue weighted by atomic mass is 10.1. The highest BCUT2D eigenvalue weighted by Crippen LogP contribution is 2.32. The monoisotopic (exact) mass is 416 g/mol. The molecule has 0 bridgehead atoms. The Morgan fingerprint density at radius 3 is 2.50 bits per heavy atom. The van der Waals surface area contributed by atoms with Crippen LogP contribution in [0.3, 0.4) is 0 Å². The van der Waals surface area contributed by atoms with Gasteiger partial charge in [0, 0.05) is 22.7 Å². The van der Waals surface area contributed by atoms with E-state index in [1.165, 1.54) is 32.0 Å². The van der Waals surface area contributed by atoms with E-state index in [0.717, 1.165) is 22.8 Å². The summed E-state index contributed by atoms with van der Waals surface area (Å²) in [7, 11) is 0. The highest BCUT2D eigenvalue weighted by molar-refractivity contribution is 6.05. The molecule has 3 rings (SSSR count). The molecule has 3 aromatic rings. The molecule has 0 aliphatic carbocycles. The first-order chi connectivity index (χ1) is 14.1. The number of carbonyl (C=O) groups excluding carboxylic acids is 2. The standard InChI is InChI=1S/C21H18F2N2O5/c1-10(21(29)30)24-19(27)8-14-11(2)25(17-9-16(23)18(26)7-15(14)17)20(28)12-4-3-5-13(22)6-12/h3-7,9-10,26H,8H2,1-2H3,(H,24,27)(H,29,30). The third-order valence-corrected chi connectivity index (χ3v) is 4.76. The van der Waals surface area contributed by atoms with Crippen molar-refractivity contribution in [2.75, 3.05) is 0 Å². The van der Waals surface area contributed by atoms with Crippen LogP contribution in [0.2, 0.25) is 0 Å². The Bertz CT molecular complexity index is 1190. The van der Waals surface area contributed by atoms with Crippen molar-refractivity contribution in [2.24, 2.45) is 0 Å². The van der Waals surface area contributed by atoms with Crippen LogP contribution < -0.4 is 5.32 Å². The van der Waals surface area contributed by atoms with Crippen LogP contribution in [-0.2, 0) is 16.0 Å². The second-order valence-electron chi connectivity index (χ2n) is 6.84. The van der Waals surface area contributed by atoms with Gasteiger partial charge >= 0.3 is 5.97 Å². The lowest BCUT2D eigenvalue weighted by Gasteiger charge is -2.10. The average Bonchev–Trinajstić information content (AvgIpc) is 2.92. The van der Waals surface area contributed by atoms with Crippen LogP contribution in [0, 0.1) is 18.6 Å². The zero-order chi connectivity index (χ0) is 22.2. The minimum Gasteiger partial charge on any atom is -0.505 e. The number of carbonyl (C=O) groups is 3. The Labute approximate surface area is 169 Å². The summed E-state index contributed by atoms with van der Waals surface area (Å²) in [5.74, 6) is -4.76. The molecule has 1 aromatic heterocycles. The van der Waals surface area contributed by atoms with E-state index >= 15 is 0 Å². The van der Waals surface area contributed by atoms with Gasteiger partial charge in [-0.1, -0.05) is 6.07 Å². The Hall–Kier alpha value is -3.75. The summed E-state index contributed by atoms with van der Waals surface area (Å²) >= 11 is 0. The van der Waals surface area contributed by atoms with Crippen molar-refractivity contribution in [3.63, 3.8) is 0 Å². The van der Waals surface area contributed by atoms with E-state index in [-0.39, 0.29) is 28.6 Å². The summed E-state index contributed by atoms with van der Waals surface area (Å²) in [5, 5.41) is 21.3. The van der Waals surface area contributed by atoms with Gasteiger partial charge in [-0.2, -0.15) is 0 Å². The molecule has 0 spiro atoms. The summed E-state index contributed by atoms with van der Waals surface area (Å²) < 4.78 is 28.8. The molecule has 1 heterocycles. The van der Waals surface area contributed by atoms with Gasteiger partial charge in [-0.25, -0.2) is 8.78 Å². The van der Waals surface area contributed by atoms with E-state index in [4.69, 9.17) is 5.11 Å². The Morgan fingerprint density at radius 2 is 1.87 bits per heavy atom. The number of hydrogen-bond donors (Lipinski definition) is 3. The minimum absolute atomic E-state index is 0.0129. The SMILES string of the molecule is Cc1c(CC(=O)NC(C)C(=O)O)c2cc(O)c(F)cc2n1C(=O)c1cccc(F)c1. The summed E-state index contributed by atoms with van der Waals surface area (Å²) in [4.78, 5) is 36.3. The van der Waals surface area contributed by atoms with Crippen LogP contribution in [0.4, 0.5) is 8.78 Å². The van der Waals surface area contributed by atoms with Crippen molar-refractivity contribution in [3.05, 3.63) is 64.9 Å². The fourth-order valence-corrected chi connectivity index (χ4v) is 3.24. The van der Waals surface area contributed by atoms with Crippen LogP contribution in [0.15, 0.2) is 36.4 Å². The lowest BCUT2D eigenvalue weighted by Crippen LogP contribution is -2.39. The third-order valence-electron chi connectivity index (χ3n) is 4.76. The largest absolute Gasteiger partial charge is 0.505 e. The second-order valence-corrected chi connectivity index (χ2v) is 6.84. The number of aromatic hydroxyl groups is 1. The first-order valence-corrected chi connectivity index (χ1v) is 8.95. The Morgan fingerprint density at radius 1 is 1.17 bits per heavy atom. The molecule has 0 saturated heterocycles. The van der Waals surface area contributed by atoms with Crippen LogP contribution in [0.25, 0.3) is 10.9 Å². The van der Waals surface area contributed by atoms with Crippen molar-refractivity contribution in [1.82, 2.24) is 9.88 Å². The molecule has 1 unspecified atom stereocenters. The van der Waals surface area contributed by atoms with E-state index < -0.39 is 41.2 Å². The van der Waals surface area contributed by atoms with Crippen molar-refractivity contribution < 1.29 is 33.4 Å². The molecular formula is C21H18F2N2O5. The number of amides is 1. The van der Waals surface area contributed by atoms with Crippen LogP contribution in [-0.4, -0.2) is 38.6 Å². The number of fused-ring (bicyclic) bond motifs is 1. The highest BCUT2D eigenvalue weighted by atomic mass is 19.1. The maximum absolute atomic E-state index is 14.0. The van der Waals surface area contributed by atoms with Gasteiger partial charge in [0.25, 0.3) is 5.91 Å². The van der Waals surface area contributed by atoms with Crippen LogP contribution >= 0.6 is 0 Å². The zero-order valence-corrected chi connectivity index (χ0v) is 16.1. The number of phenols is 1.